The fourth-order valence-electron chi connectivity index (χ4n) is 2.16. The van der Waals surface area contributed by atoms with Crippen LogP contribution in [0.15, 0.2) is 48.5 Å². The van der Waals surface area contributed by atoms with Gasteiger partial charge in [0, 0.05) is 35.0 Å². The average Bonchev–Trinajstić information content (AvgIpc) is 2.61. The summed E-state index contributed by atoms with van der Waals surface area (Å²) in [5, 5.41) is 18.8. The summed E-state index contributed by atoms with van der Waals surface area (Å²) in [5.74, 6) is -0.717. The minimum absolute atomic E-state index is 0.0103. The molecule has 0 aromatic heterocycles. The first-order chi connectivity index (χ1) is 12.8. The highest BCUT2D eigenvalue weighted by Gasteiger charge is 2.12. The smallest absolute Gasteiger partial charge is 0.269 e. The van der Waals surface area contributed by atoms with Crippen molar-refractivity contribution in [2.45, 2.75) is 19.9 Å². The Morgan fingerprint density at radius 1 is 1.04 bits per heavy atom. The number of anilines is 1. The zero-order valence-electron chi connectivity index (χ0n) is 14.7. The molecule has 0 saturated carbocycles. The van der Waals surface area contributed by atoms with Crippen LogP contribution in [-0.2, 0) is 0 Å². The number of carbonyl (C=O) groups excluding carboxylic acids is 2. The van der Waals surface area contributed by atoms with Crippen LogP contribution >= 0.6 is 12.2 Å². The van der Waals surface area contributed by atoms with Gasteiger partial charge in [0.25, 0.3) is 17.5 Å². The Labute approximate surface area is 161 Å². The maximum absolute atomic E-state index is 12.2. The molecule has 0 atom stereocenters. The van der Waals surface area contributed by atoms with Gasteiger partial charge in [-0.2, -0.15) is 0 Å². The number of hydrogen-bond acceptors (Lipinski definition) is 5. The standard InChI is InChI=1S/C18H18N4O4S/c1-11(2)19-17(24)13-4-3-5-14(10-13)20-18(27)21-16(23)12-6-8-15(9-7-12)22(25)26/h3-11H,1-2H3,(H,19,24)(H2,20,21,23,27). The summed E-state index contributed by atoms with van der Waals surface area (Å²) in [4.78, 5) is 34.3. The predicted octanol–water partition coefficient (Wildman–Crippen LogP) is 2.86. The lowest BCUT2D eigenvalue weighted by atomic mass is 10.2. The quantitative estimate of drug-likeness (QED) is 0.414. The molecule has 0 aliphatic rings. The Balaban J connectivity index is 1.99. The molecule has 0 saturated heterocycles. The van der Waals surface area contributed by atoms with Gasteiger partial charge < -0.3 is 10.6 Å². The number of benzene rings is 2. The monoisotopic (exact) mass is 386 g/mol. The Kier molecular flexibility index (Phi) is 6.56. The molecule has 0 fully saturated rings. The van der Waals surface area contributed by atoms with Gasteiger partial charge in [0.1, 0.15) is 0 Å². The molecule has 2 rings (SSSR count). The first kappa shape index (κ1) is 20.0. The molecule has 2 aromatic carbocycles. The second-order valence-corrected chi connectivity index (χ2v) is 6.33. The van der Waals surface area contributed by atoms with Crippen molar-refractivity contribution in [3.8, 4) is 0 Å². The highest BCUT2D eigenvalue weighted by molar-refractivity contribution is 7.80. The molecule has 0 unspecified atom stereocenters. The summed E-state index contributed by atoms with van der Waals surface area (Å²) in [6, 6.07) is 11.8. The Morgan fingerprint density at radius 3 is 2.30 bits per heavy atom. The van der Waals surface area contributed by atoms with Crippen LogP contribution in [0.4, 0.5) is 11.4 Å². The van der Waals surface area contributed by atoms with E-state index in [-0.39, 0.29) is 28.3 Å². The lowest BCUT2D eigenvalue weighted by Gasteiger charge is -2.12. The second-order valence-electron chi connectivity index (χ2n) is 5.92. The summed E-state index contributed by atoms with van der Waals surface area (Å²) in [6.07, 6.45) is 0. The minimum Gasteiger partial charge on any atom is -0.350 e. The lowest BCUT2D eigenvalue weighted by Crippen LogP contribution is -2.34. The lowest BCUT2D eigenvalue weighted by molar-refractivity contribution is -0.384. The van der Waals surface area contributed by atoms with Gasteiger partial charge in [0.05, 0.1) is 4.92 Å². The van der Waals surface area contributed by atoms with Gasteiger partial charge >= 0.3 is 0 Å². The molecule has 2 amide bonds. The van der Waals surface area contributed by atoms with E-state index >= 15 is 0 Å². The van der Waals surface area contributed by atoms with Crippen molar-refractivity contribution < 1.29 is 14.5 Å². The van der Waals surface area contributed by atoms with Crippen molar-refractivity contribution >= 4 is 40.5 Å². The van der Waals surface area contributed by atoms with Crippen molar-refractivity contribution in [1.29, 1.82) is 0 Å². The van der Waals surface area contributed by atoms with Crippen LogP contribution < -0.4 is 16.0 Å². The number of rotatable bonds is 5. The number of nitro groups is 1. The molecule has 3 N–H and O–H groups in total. The van der Waals surface area contributed by atoms with Crippen LogP contribution in [-0.4, -0.2) is 27.9 Å². The Morgan fingerprint density at radius 2 is 1.70 bits per heavy atom. The maximum atomic E-state index is 12.2. The van der Waals surface area contributed by atoms with Gasteiger partial charge in [-0.25, -0.2) is 0 Å². The van der Waals surface area contributed by atoms with Gasteiger partial charge in [-0.05, 0) is 56.4 Å². The zero-order chi connectivity index (χ0) is 20.0. The molecule has 140 valence electrons. The molecule has 2 aromatic rings. The third kappa shape index (κ3) is 5.86. The van der Waals surface area contributed by atoms with E-state index in [1.54, 1.807) is 24.3 Å². The van der Waals surface area contributed by atoms with Crippen LogP contribution in [0.5, 0.6) is 0 Å². The van der Waals surface area contributed by atoms with Crippen molar-refractivity contribution in [3.05, 3.63) is 69.8 Å². The number of hydrogen-bond donors (Lipinski definition) is 3. The molecular formula is C18H18N4O4S. The van der Waals surface area contributed by atoms with E-state index in [2.05, 4.69) is 16.0 Å². The SMILES string of the molecule is CC(C)NC(=O)c1cccc(NC(=S)NC(=O)c2ccc([N+](=O)[O-])cc2)c1. The molecule has 9 heteroatoms. The van der Waals surface area contributed by atoms with Crippen LogP contribution in [0.1, 0.15) is 34.6 Å². The number of thiocarbonyl (C=S) groups is 1. The van der Waals surface area contributed by atoms with E-state index in [4.69, 9.17) is 12.2 Å². The Hall–Kier alpha value is -3.33. The van der Waals surface area contributed by atoms with Crippen LogP contribution in [0.2, 0.25) is 0 Å². The molecule has 0 bridgehead atoms. The first-order valence-electron chi connectivity index (χ1n) is 8.04. The Bertz CT molecular complexity index is 881. The van der Waals surface area contributed by atoms with Crippen LogP contribution in [0, 0.1) is 10.1 Å². The molecule has 8 nitrogen and oxygen atoms in total. The van der Waals surface area contributed by atoms with Gasteiger partial charge in [0.15, 0.2) is 5.11 Å². The van der Waals surface area contributed by atoms with Crippen LogP contribution in [0.25, 0.3) is 0 Å². The van der Waals surface area contributed by atoms with E-state index in [9.17, 15) is 19.7 Å². The highest BCUT2D eigenvalue weighted by Crippen LogP contribution is 2.13. The van der Waals surface area contributed by atoms with Gasteiger partial charge in [0.2, 0.25) is 0 Å². The zero-order valence-corrected chi connectivity index (χ0v) is 15.5. The topological polar surface area (TPSA) is 113 Å². The number of nitro benzene ring substituents is 1. The predicted molar refractivity (Wildman–Crippen MR) is 106 cm³/mol. The molecule has 27 heavy (non-hydrogen) atoms. The van der Waals surface area contributed by atoms with E-state index in [1.807, 2.05) is 13.8 Å². The van der Waals surface area contributed by atoms with Crippen molar-refractivity contribution in [2.75, 3.05) is 5.32 Å². The summed E-state index contributed by atoms with van der Waals surface area (Å²) in [5.41, 5.74) is 1.12. The van der Waals surface area contributed by atoms with Gasteiger partial charge in [-0.3, -0.25) is 25.0 Å². The van der Waals surface area contributed by atoms with Crippen molar-refractivity contribution in [3.63, 3.8) is 0 Å². The number of amides is 2. The number of carbonyl (C=O) groups is 2. The molecule has 0 aliphatic heterocycles. The summed E-state index contributed by atoms with van der Waals surface area (Å²) >= 11 is 5.11. The average molecular weight is 386 g/mol. The fourth-order valence-corrected chi connectivity index (χ4v) is 2.37. The fraction of sp³-hybridized carbons (Fsp3) is 0.167. The third-order valence-electron chi connectivity index (χ3n) is 3.37. The summed E-state index contributed by atoms with van der Waals surface area (Å²) in [7, 11) is 0. The summed E-state index contributed by atoms with van der Waals surface area (Å²) < 4.78 is 0. The van der Waals surface area contributed by atoms with Crippen LogP contribution in [0.3, 0.4) is 0 Å². The van der Waals surface area contributed by atoms with E-state index in [0.29, 0.717) is 11.3 Å². The largest absolute Gasteiger partial charge is 0.350 e. The van der Waals surface area contributed by atoms with E-state index < -0.39 is 10.8 Å². The van der Waals surface area contributed by atoms with Gasteiger partial charge in [-0.1, -0.05) is 6.07 Å². The number of nitrogens with zero attached hydrogens (tertiary/aromatic N) is 1. The van der Waals surface area contributed by atoms with Crippen molar-refractivity contribution in [1.82, 2.24) is 10.6 Å². The van der Waals surface area contributed by atoms with Crippen molar-refractivity contribution in [2.24, 2.45) is 0 Å². The maximum Gasteiger partial charge on any atom is 0.269 e. The first-order valence-corrected chi connectivity index (χ1v) is 8.45. The van der Waals surface area contributed by atoms with E-state index in [0.717, 1.165) is 0 Å². The van der Waals surface area contributed by atoms with E-state index in [1.165, 1.54) is 24.3 Å². The van der Waals surface area contributed by atoms with Gasteiger partial charge in [-0.15, -0.1) is 0 Å². The number of non-ortho nitro benzene ring substituents is 1. The molecule has 0 radical (unpaired) electrons. The second kappa shape index (κ2) is 8.86. The minimum atomic E-state index is -0.545. The highest BCUT2D eigenvalue weighted by atomic mass is 32.1. The summed E-state index contributed by atoms with van der Waals surface area (Å²) in [6.45, 7) is 3.73. The molecule has 0 aliphatic carbocycles. The third-order valence-corrected chi connectivity index (χ3v) is 3.57. The molecular weight excluding hydrogens is 368 g/mol. The number of nitrogens with one attached hydrogen (secondary N) is 3. The molecule has 0 heterocycles. The normalized spacial score (nSPS) is 10.2. The molecule has 0 spiro atoms.